The number of aromatic nitrogens is 2. The molecule has 0 bridgehead atoms. The molecule has 1 aliphatic carbocycles. The molecule has 22 heteroatoms. The minimum Gasteiger partial charge on any atom is -0.475 e. The Morgan fingerprint density at radius 2 is 1.57 bits per heavy atom. The Bertz CT molecular complexity index is 1380. The van der Waals surface area contributed by atoms with Gasteiger partial charge in [-0.3, -0.25) is 4.72 Å². The van der Waals surface area contributed by atoms with Gasteiger partial charge >= 0.3 is 24.3 Å². The molecule has 0 amide bonds. The van der Waals surface area contributed by atoms with Crippen molar-refractivity contribution in [3.05, 3.63) is 30.1 Å². The van der Waals surface area contributed by atoms with Gasteiger partial charge < -0.3 is 27.0 Å². The molecule has 0 radical (unpaired) electrons. The first kappa shape index (κ1) is 40.7. The largest absolute Gasteiger partial charge is 0.490 e. The zero-order valence-corrected chi connectivity index (χ0v) is 25.8. The molecular weight excluding hydrogens is 684 g/mol. The van der Waals surface area contributed by atoms with Crippen molar-refractivity contribution in [1.29, 1.82) is 0 Å². The van der Waals surface area contributed by atoms with E-state index in [1.807, 2.05) is 0 Å². The lowest BCUT2D eigenvalue weighted by Gasteiger charge is -2.33. The van der Waals surface area contributed by atoms with Gasteiger partial charge in [0, 0.05) is 30.2 Å². The molecule has 262 valence electrons. The van der Waals surface area contributed by atoms with E-state index in [1.165, 1.54) is 0 Å². The van der Waals surface area contributed by atoms with Gasteiger partial charge in [0.1, 0.15) is 22.9 Å². The van der Waals surface area contributed by atoms with E-state index in [0.717, 1.165) is 49.6 Å². The van der Waals surface area contributed by atoms with E-state index in [0.29, 0.717) is 25.1 Å². The van der Waals surface area contributed by atoms with E-state index in [4.69, 9.17) is 31.3 Å². The monoisotopic (exact) mass is 716 g/mol. The van der Waals surface area contributed by atoms with E-state index in [-0.39, 0.29) is 28.2 Å². The number of benzene rings is 1. The molecule has 1 heterocycles. The summed E-state index contributed by atoms with van der Waals surface area (Å²) in [4.78, 5) is 20.7. The highest BCUT2D eigenvalue weighted by Gasteiger charge is 2.39. The molecule has 0 aliphatic heterocycles. The SMILES string of the molecule is CC(C)(CCN)C[C@@H](CNc1cc(F)c(S(=O)(=O)Nc2ncns2)cc1F)[C@H](N)C1CC1.O=C(O)C(F)(F)F.O=C(O)C(F)(F)F. The summed E-state index contributed by atoms with van der Waals surface area (Å²) < 4.78 is 123. The fourth-order valence-corrected chi connectivity index (χ4v) is 5.65. The highest BCUT2D eigenvalue weighted by Crippen LogP contribution is 2.39. The summed E-state index contributed by atoms with van der Waals surface area (Å²) >= 11 is 0.787. The van der Waals surface area contributed by atoms with Gasteiger partial charge in [-0.25, -0.2) is 31.8 Å². The Labute approximate surface area is 261 Å². The van der Waals surface area contributed by atoms with E-state index in [2.05, 4.69) is 33.2 Å². The Kier molecular flexibility index (Phi) is 14.5. The van der Waals surface area contributed by atoms with Gasteiger partial charge in [0.25, 0.3) is 10.0 Å². The first-order chi connectivity index (χ1) is 20.9. The quantitative estimate of drug-likeness (QED) is 0.169. The molecule has 1 fully saturated rings. The van der Waals surface area contributed by atoms with Gasteiger partial charge in [-0.15, -0.1) is 0 Å². The van der Waals surface area contributed by atoms with Crippen molar-refractivity contribution < 1.29 is 63.3 Å². The lowest BCUT2D eigenvalue weighted by atomic mass is 9.76. The summed E-state index contributed by atoms with van der Waals surface area (Å²) in [6.45, 7) is 5.15. The average Bonchev–Trinajstić information content (AvgIpc) is 3.63. The van der Waals surface area contributed by atoms with E-state index in [9.17, 15) is 43.5 Å². The molecule has 2 aromatic rings. The van der Waals surface area contributed by atoms with E-state index >= 15 is 0 Å². The van der Waals surface area contributed by atoms with Gasteiger partial charge in [-0.05, 0) is 55.5 Å². The second-order valence-electron chi connectivity index (χ2n) is 10.7. The summed E-state index contributed by atoms with van der Waals surface area (Å²) in [6, 6.07) is 1.47. The van der Waals surface area contributed by atoms with E-state index < -0.39 is 50.8 Å². The zero-order valence-electron chi connectivity index (χ0n) is 24.1. The molecule has 1 aromatic carbocycles. The number of carboxylic acid groups (broad SMARTS) is 2. The van der Waals surface area contributed by atoms with Gasteiger partial charge in [0.05, 0.1) is 5.69 Å². The molecule has 1 aliphatic rings. The molecule has 8 N–H and O–H groups in total. The molecule has 0 spiro atoms. The molecule has 1 saturated carbocycles. The van der Waals surface area contributed by atoms with Gasteiger partial charge in [0.15, 0.2) is 0 Å². The Hall–Kier alpha value is -3.37. The standard InChI is InChI=1S/C20H30F2N6O2S2.2C2HF3O2/c1-20(2,5-6-23)9-13(18(24)12-3-4-12)10-25-16-7-15(22)17(8-14(16)21)32(29,30)28-19-26-11-27-31-19;2*3-2(4,5)1(6)7/h7-8,11-13,18,25H,3-6,9-10,23-24H2,1-2H3,(H,26,27,28);2*(H,6,7)/t13-,18+;;/m0../s1. The first-order valence-electron chi connectivity index (χ1n) is 13.0. The van der Waals surface area contributed by atoms with Crippen molar-refractivity contribution in [2.24, 2.45) is 28.7 Å². The maximum Gasteiger partial charge on any atom is 0.490 e. The number of nitrogens with two attached hydrogens (primary N) is 2. The van der Waals surface area contributed by atoms with Crippen LogP contribution in [-0.4, -0.2) is 71.4 Å². The lowest BCUT2D eigenvalue weighted by Crippen LogP contribution is -2.39. The van der Waals surface area contributed by atoms with E-state index in [1.54, 1.807) is 0 Å². The maximum atomic E-state index is 14.7. The zero-order chi connectivity index (χ0) is 35.7. The van der Waals surface area contributed by atoms with Crippen LogP contribution in [0.1, 0.15) is 39.5 Å². The normalized spacial score (nSPS) is 15.0. The number of halogens is 8. The molecule has 3 rings (SSSR count). The number of alkyl halides is 6. The molecule has 0 unspecified atom stereocenters. The van der Waals surface area contributed by atoms with Crippen molar-refractivity contribution in [2.75, 3.05) is 23.1 Å². The number of hydrogen-bond donors (Lipinski definition) is 6. The second kappa shape index (κ2) is 16.5. The van der Waals surface area contributed by atoms with Gasteiger partial charge in [-0.2, -0.15) is 30.7 Å². The summed E-state index contributed by atoms with van der Waals surface area (Å²) in [7, 11) is -4.35. The van der Waals surface area contributed by atoms with Crippen molar-refractivity contribution in [1.82, 2.24) is 9.36 Å². The van der Waals surface area contributed by atoms with Crippen LogP contribution in [0, 0.1) is 28.9 Å². The van der Waals surface area contributed by atoms with Crippen LogP contribution in [0.5, 0.6) is 0 Å². The third-order valence-electron chi connectivity index (χ3n) is 6.28. The number of aliphatic carboxylic acids is 2. The number of nitrogens with zero attached hydrogens (tertiary/aromatic N) is 2. The number of anilines is 2. The van der Waals surface area contributed by atoms with Crippen LogP contribution in [0.3, 0.4) is 0 Å². The summed E-state index contributed by atoms with van der Waals surface area (Å²) in [5.41, 5.74) is 12.1. The van der Waals surface area contributed by atoms with Crippen molar-refractivity contribution in [3.63, 3.8) is 0 Å². The minimum atomic E-state index is -5.08. The number of carbonyl (C=O) groups is 2. The van der Waals surface area contributed by atoms with Gasteiger partial charge in [-0.1, -0.05) is 13.8 Å². The first-order valence-corrected chi connectivity index (χ1v) is 15.2. The Morgan fingerprint density at radius 1 is 1.04 bits per heavy atom. The third kappa shape index (κ3) is 14.0. The fourth-order valence-electron chi connectivity index (χ4n) is 3.91. The van der Waals surface area contributed by atoms with Crippen LogP contribution in [0.2, 0.25) is 0 Å². The Balaban J connectivity index is 0.000000629. The maximum absolute atomic E-state index is 14.7. The summed E-state index contributed by atoms with van der Waals surface area (Å²) in [5, 5.41) is 17.2. The molecule has 0 saturated heterocycles. The highest BCUT2D eigenvalue weighted by molar-refractivity contribution is 7.93. The molecule has 2 atom stereocenters. The summed E-state index contributed by atoms with van der Waals surface area (Å²) in [5.74, 6) is -6.98. The predicted octanol–water partition coefficient (Wildman–Crippen LogP) is 4.41. The van der Waals surface area contributed by atoms with Gasteiger partial charge in [0.2, 0.25) is 5.13 Å². The average molecular weight is 717 g/mol. The van der Waals surface area contributed by atoms with Crippen molar-refractivity contribution >= 4 is 44.3 Å². The van der Waals surface area contributed by atoms with Crippen LogP contribution < -0.4 is 21.5 Å². The van der Waals surface area contributed by atoms with Crippen LogP contribution in [0.4, 0.5) is 45.9 Å². The highest BCUT2D eigenvalue weighted by atomic mass is 32.2. The second-order valence-corrected chi connectivity index (χ2v) is 13.1. The molecular formula is C24H32F8N6O6S2. The topological polar surface area (TPSA) is 211 Å². The number of rotatable bonds is 12. The summed E-state index contributed by atoms with van der Waals surface area (Å²) in [6.07, 6.45) is -5.24. The predicted molar refractivity (Wildman–Crippen MR) is 149 cm³/mol. The smallest absolute Gasteiger partial charge is 0.475 e. The number of nitrogens with one attached hydrogen (secondary N) is 2. The minimum absolute atomic E-state index is 0.0360. The van der Waals surface area contributed by atoms with Crippen LogP contribution in [0.25, 0.3) is 0 Å². The Morgan fingerprint density at radius 3 is 1.98 bits per heavy atom. The number of sulfonamides is 1. The fraction of sp³-hybridized carbons (Fsp3) is 0.583. The van der Waals surface area contributed by atoms with Crippen LogP contribution in [0.15, 0.2) is 23.4 Å². The molecule has 1 aromatic heterocycles. The van der Waals surface area contributed by atoms with Crippen LogP contribution in [-0.2, 0) is 19.6 Å². The molecule has 46 heavy (non-hydrogen) atoms. The van der Waals surface area contributed by atoms with Crippen LogP contribution >= 0.6 is 11.5 Å². The number of hydrogen-bond acceptors (Lipinski definition) is 10. The third-order valence-corrected chi connectivity index (χ3v) is 8.34. The molecule has 12 nitrogen and oxygen atoms in total. The number of carboxylic acids is 2. The lowest BCUT2D eigenvalue weighted by molar-refractivity contribution is -0.193. The van der Waals surface area contributed by atoms with Crippen molar-refractivity contribution in [2.45, 2.75) is 62.8 Å². The van der Waals surface area contributed by atoms with Crippen molar-refractivity contribution in [3.8, 4) is 0 Å².